The van der Waals surface area contributed by atoms with Crippen LogP contribution in [0.2, 0.25) is 0 Å². The lowest BCUT2D eigenvalue weighted by Crippen LogP contribution is -2.41. The highest BCUT2D eigenvalue weighted by Gasteiger charge is 2.41. The van der Waals surface area contributed by atoms with Crippen molar-refractivity contribution in [3.05, 3.63) is 65.1 Å². The van der Waals surface area contributed by atoms with Gasteiger partial charge in [0.15, 0.2) is 5.78 Å². The van der Waals surface area contributed by atoms with Crippen LogP contribution < -0.4 is 14.4 Å². The molecule has 0 fully saturated rings. The molecule has 0 saturated heterocycles. The fourth-order valence-electron chi connectivity index (χ4n) is 4.28. The standard InChI is InChI=1S/C23H22FNO4/c1-28-14-10-11-15(21(12-14)29-2)16-13-22(27)25(18-7-4-3-6-17(18)24)19-8-5-9-20(26)23(16)19/h3-4,6-7,10-12,16H,5,8-9,13H2,1-2H3/t16-/m1/s1. The summed E-state index contributed by atoms with van der Waals surface area (Å²) in [6, 6.07) is 11.5. The molecule has 2 aromatic carbocycles. The number of carbonyl (C=O) groups excluding carboxylic acids is 2. The summed E-state index contributed by atoms with van der Waals surface area (Å²) in [7, 11) is 3.11. The van der Waals surface area contributed by atoms with Crippen molar-refractivity contribution >= 4 is 17.4 Å². The van der Waals surface area contributed by atoms with E-state index in [2.05, 4.69) is 0 Å². The summed E-state index contributed by atoms with van der Waals surface area (Å²) in [5, 5.41) is 0. The van der Waals surface area contributed by atoms with Gasteiger partial charge in [-0.25, -0.2) is 4.39 Å². The Morgan fingerprint density at radius 3 is 2.55 bits per heavy atom. The number of amides is 1. The van der Waals surface area contributed by atoms with E-state index in [4.69, 9.17) is 9.47 Å². The van der Waals surface area contributed by atoms with Gasteiger partial charge in [-0.05, 0) is 31.0 Å². The van der Waals surface area contributed by atoms with E-state index in [9.17, 15) is 14.0 Å². The van der Waals surface area contributed by atoms with Gasteiger partial charge in [0.2, 0.25) is 5.91 Å². The van der Waals surface area contributed by atoms with E-state index in [0.29, 0.717) is 42.0 Å². The molecule has 0 saturated carbocycles. The Kier molecular flexibility index (Phi) is 5.09. The molecule has 2 aromatic rings. The predicted molar refractivity (Wildman–Crippen MR) is 107 cm³/mol. The molecular formula is C23H22FNO4. The zero-order chi connectivity index (χ0) is 20.5. The number of hydrogen-bond acceptors (Lipinski definition) is 4. The van der Waals surface area contributed by atoms with Gasteiger partial charge in [-0.15, -0.1) is 0 Å². The third kappa shape index (κ3) is 3.28. The molecule has 1 aliphatic heterocycles. The largest absolute Gasteiger partial charge is 0.497 e. The quantitative estimate of drug-likeness (QED) is 0.771. The highest BCUT2D eigenvalue weighted by Crippen LogP contribution is 2.46. The number of benzene rings is 2. The van der Waals surface area contributed by atoms with Crippen LogP contribution in [0.15, 0.2) is 53.7 Å². The SMILES string of the molecule is COc1ccc([C@H]2CC(=O)N(c3ccccc3F)C3=C2C(=O)CCC3)c(OC)c1. The minimum atomic E-state index is -0.480. The second-order valence-corrected chi connectivity index (χ2v) is 7.18. The van der Waals surface area contributed by atoms with E-state index in [1.165, 1.54) is 11.0 Å². The topological polar surface area (TPSA) is 55.8 Å². The van der Waals surface area contributed by atoms with Gasteiger partial charge in [0.1, 0.15) is 17.3 Å². The first kappa shape index (κ1) is 19.2. The maximum atomic E-state index is 14.5. The van der Waals surface area contributed by atoms with Crippen LogP contribution in [0, 0.1) is 5.82 Å². The number of methoxy groups -OCH3 is 2. The molecular weight excluding hydrogens is 373 g/mol. The van der Waals surface area contributed by atoms with Crippen molar-refractivity contribution < 1.29 is 23.5 Å². The van der Waals surface area contributed by atoms with Crippen LogP contribution in [0.5, 0.6) is 11.5 Å². The third-order valence-electron chi connectivity index (χ3n) is 5.58. The Balaban J connectivity index is 1.88. The maximum absolute atomic E-state index is 14.5. The monoisotopic (exact) mass is 395 g/mol. The Labute approximate surface area is 168 Å². The number of ether oxygens (including phenoxy) is 2. The van der Waals surface area contributed by atoms with Gasteiger partial charge < -0.3 is 9.47 Å². The van der Waals surface area contributed by atoms with Gasteiger partial charge in [-0.1, -0.05) is 18.2 Å². The number of anilines is 1. The number of nitrogens with zero attached hydrogens (tertiary/aromatic N) is 1. The van der Waals surface area contributed by atoms with Gasteiger partial charge in [-0.3, -0.25) is 14.5 Å². The van der Waals surface area contributed by atoms with E-state index in [-0.39, 0.29) is 23.8 Å². The van der Waals surface area contributed by atoms with Crippen molar-refractivity contribution in [1.82, 2.24) is 0 Å². The van der Waals surface area contributed by atoms with Crippen molar-refractivity contribution in [3.8, 4) is 11.5 Å². The molecule has 29 heavy (non-hydrogen) atoms. The zero-order valence-corrected chi connectivity index (χ0v) is 16.4. The van der Waals surface area contributed by atoms with Crippen LogP contribution in [0.4, 0.5) is 10.1 Å². The average Bonchev–Trinajstić information content (AvgIpc) is 2.73. The van der Waals surface area contributed by atoms with Crippen LogP contribution in [0.1, 0.15) is 37.2 Å². The van der Waals surface area contributed by atoms with Gasteiger partial charge in [-0.2, -0.15) is 0 Å². The van der Waals surface area contributed by atoms with Crippen molar-refractivity contribution in [2.75, 3.05) is 19.1 Å². The minimum Gasteiger partial charge on any atom is -0.497 e. The van der Waals surface area contributed by atoms with E-state index in [0.717, 1.165) is 5.56 Å². The summed E-state index contributed by atoms with van der Waals surface area (Å²) in [6.07, 6.45) is 1.69. The van der Waals surface area contributed by atoms with Crippen molar-refractivity contribution in [2.45, 2.75) is 31.6 Å². The van der Waals surface area contributed by atoms with Gasteiger partial charge >= 0.3 is 0 Å². The van der Waals surface area contributed by atoms with Gasteiger partial charge in [0.05, 0.1) is 19.9 Å². The third-order valence-corrected chi connectivity index (χ3v) is 5.58. The first-order valence-corrected chi connectivity index (χ1v) is 9.60. The van der Waals surface area contributed by atoms with Gasteiger partial charge in [0, 0.05) is 41.7 Å². The molecule has 4 rings (SSSR count). The lowest BCUT2D eigenvalue weighted by atomic mass is 9.76. The summed E-state index contributed by atoms with van der Waals surface area (Å²) in [4.78, 5) is 27.5. The summed E-state index contributed by atoms with van der Waals surface area (Å²) in [5.41, 5.74) is 2.14. The number of ketones is 1. The van der Waals surface area contributed by atoms with Crippen LogP contribution in [-0.4, -0.2) is 25.9 Å². The zero-order valence-electron chi connectivity index (χ0n) is 16.4. The fourth-order valence-corrected chi connectivity index (χ4v) is 4.28. The number of para-hydroxylation sites is 1. The number of allylic oxidation sites excluding steroid dienone is 2. The number of hydrogen-bond donors (Lipinski definition) is 0. The Morgan fingerprint density at radius 2 is 1.83 bits per heavy atom. The van der Waals surface area contributed by atoms with Crippen molar-refractivity contribution in [3.63, 3.8) is 0 Å². The average molecular weight is 395 g/mol. The highest BCUT2D eigenvalue weighted by molar-refractivity contribution is 6.07. The van der Waals surface area contributed by atoms with Crippen LogP contribution in [0.3, 0.4) is 0 Å². The molecule has 0 radical (unpaired) electrons. The number of Topliss-reactive ketones (excluding diaryl/α,β-unsaturated/α-hetero) is 1. The molecule has 1 aliphatic carbocycles. The molecule has 0 N–H and O–H groups in total. The Morgan fingerprint density at radius 1 is 1.03 bits per heavy atom. The minimum absolute atomic E-state index is 0.00274. The molecule has 1 heterocycles. The predicted octanol–water partition coefficient (Wildman–Crippen LogP) is 4.37. The number of carbonyl (C=O) groups is 2. The Bertz CT molecular complexity index is 1010. The molecule has 0 unspecified atom stereocenters. The summed E-state index contributed by atoms with van der Waals surface area (Å²) >= 11 is 0. The molecule has 2 aliphatic rings. The van der Waals surface area contributed by atoms with Gasteiger partial charge in [0.25, 0.3) is 0 Å². The van der Waals surface area contributed by atoms with Crippen molar-refractivity contribution in [1.29, 1.82) is 0 Å². The summed E-state index contributed by atoms with van der Waals surface area (Å²) in [5.74, 6) is 0.0615. The Hall–Kier alpha value is -3.15. The van der Waals surface area contributed by atoms with E-state index >= 15 is 0 Å². The smallest absolute Gasteiger partial charge is 0.232 e. The second kappa shape index (κ2) is 7.70. The molecule has 6 heteroatoms. The number of halogens is 1. The molecule has 1 atom stereocenters. The highest BCUT2D eigenvalue weighted by atomic mass is 19.1. The lowest BCUT2D eigenvalue weighted by molar-refractivity contribution is -0.120. The molecule has 150 valence electrons. The van der Waals surface area contributed by atoms with Crippen LogP contribution in [0.25, 0.3) is 0 Å². The normalized spacial score (nSPS) is 19.3. The molecule has 1 amide bonds. The molecule has 0 spiro atoms. The van der Waals surface area contributed by atoms with Crippen LogP contribution in [-0.2, 0) is 9.59 Å². The first-order chi connectivity index (χ1) is 14.0. The molecule has 0 bridgehead atoms. The second-order valence-electron chi connectivity index (χ2n) is 7.18. The summed E-state index contributed by atoms with van der Waals surface area (Å²) in [6.45, 7) is 0. The lowest BCUT2D eigenvalue weighted by Gasteiger charge is -2.38. The van der Waals surface area contributed by atoms with E-state index in [1.807, 2.05) is 6.07 Å². The first-order valence-electron chi connectivity index (χ1n) is 9.60. The van der Waals surface area contributed by atoms with Crippen LogP contribution >= 0.6 is 0 Å². The molecule has 5 nitrogen and oxygen atoms in total. The van der Waals surface area contributed by atoms with Crippen molar-refractivity contribution in [2.24, 2.45) is 0 Å². The fraction of sp³-hybridized carbons (Fsp3) is 0.304. The number of rotatable bonds is 4. The van der Waals surface area contributed by atoms with E-state index in [1.54, 1.807) is 44.6 Å². The summed E-state index contributed by atoms with van der Waals surface area (Å²) < 4.78 is 25.3. The van der Waals surface area contributed by atoms with E-state index < -0.39 is 11.7 Å². The maximum Gasteiger partial charge on any atom is 0.232 e. The molecule has 0 aromatic heterocycles.